The number of carbonyl (C=O) groups excluding carboxylic acids is 1. The van der Waals surface area contributed by atoms with Gasteiger partial charge in [-0.3, -0.25) is 23.2 Å². The number of hydrogen-bond acceptors (Lipinski definition) is 5. The van der Waals surface area contributed by atoms with Crippen LogP contribution < -0.4 is 5.32 Å². The van der Waals surface area contributed by atoms with Gasteiger partial charge in [0.05, 0.1) is 41.5 Å². The molecular formula is C27H27N9O. The standard InChI is InChI=1S/C27H27N9O/c1-5-21-26-22(7-6-8-23(26)36(32-21)16-20-11-17(2)34(4)31-20)30-27(37)24-14-28-25-12-18(9-10-35(24)25)19-13-29-33(3)15-19/h6-15H,5,16H2,1-4H3,(H,30,37). The molecule has 6 aromatic rings. The highest BCUT2D eigenvalue weighted by molar-refractivity contribution is 6.08. The van der Waals surface area contributed by atoms with E-state index in [0.29, 0.717) is 17.9 Å². The van der Waals surface area contributed by atoms with E-state index in [0.717, 1.165) is 51.2 Å². The van der Waals surface area contributed by atoms with Crippen LogP contribution in [-0.2, 0) is 27.1 Å². The number of anilines is 1. The summed E-state index contributed by atoms with van der Waals surface area (Å²) < 4.78 is 7.38. The first-order chi connectivity index (χ1) is 17.9. The van der Waals surface area contributed by atoms with E-state index in [-0.39, 0.29) is 5.91 Å². The van der Waals surface area contributed by atoms with Gasteiger partial charge in [-0.05, 0) is 49.2 Å². The minimum absolute atomic E-state index is 0.232. The molecule has 0 aliphatic carbocycles. The molecule has 0 radical (unpaired) electrons. The molecule has 0 spiro atoms. The highest BCUT2D eigenvalue weighted by Gasteiger charge is 2.18. The molecule has 5 aromatic heterocycles. The van der Waals surface area contributed by atoms with Crippen LogP contribution in [-0.4, -0.2) is 44.6 Å². The van der Waals surface area contributed by atoms with Gasteiger partial charge in [0, 0.05) is 43.1 Å². The number of rotatable bonds is 6. The lowest BCUT2D eigenvalue weighted by Gasteiger charge is -2.08. The van der Waals surface area contributed by atoms with Gasteiger partial charge in [0.25, 0.3) is 5.91 Å². The second-order valence-corrected chi connectivity index (χ2v) is 9.20. The number of imidazole rings is 1. The van der Waals surface area contributed by atoms with Crippen molar-refractivity contribution in [1.82, 2.24) is 38.7 Å². The molecule has 0 bridgehead atoms. The molecule has 0 fully saturated rings. The lowest BCUT2D eigenvalue weighted by atomic mass is 10.1. The van der Waals surface area contributed by atoms with Crippen molar-refractivity contribution in [2.45, 2.75) is 26.8 Å². The number of amides is 1. The highest BCUT2D eigenvalue weighted by atomic mass is 16.2. The Bertz CT molecular complexity index is 1760. The first-order valence-corrected chi connectivity index (χ1v) is 12.2. The zero-order valence-corrected chi connectivity index (χ0v) is 21.2. The van der Waals surface area contributed by atoms with Crippen LogP contribution in [0.25, 0.3) is 27.7 Å². The third kappa shape index (κ3) is 3.96. The summed E-state index contributed by atoms with van der Waals surface area (Å²) in [7, 11) is 3.82. The van der Waals surface area contributed by atoms with Crippen LogP contribution in [0.1, 0.15) is 34.5 Å². The van der Waals surface area contributed by atoms with Crippen LogP contribution in [0.2, 0.25) is 0 Å². The van der Waals surface area contributed by atoms with Crippen molar-refractivity contribution in [3.63, 3.8) is 0 Å². The number of nitrogens with zero attached hydrogens (tertiary/aromatic N) is 8. The molecule has 0 aliphatic rings. The summed E-state index contributed by atoms with van der Waals surface area (Å²) in [6, 6.07) is 11.9. The molecule has 0 atom stereocenters. The lowest BCUT2D eigenvalue weighted by Crippen LogP contribution is -2.14. The Kier molecular flexibility index (Phi) is 5.36. The largest absolute Gasteiger partial charge is 0.320 e. The molecule has 6 rings (SSSR count). The molecule has 37 heavy (non-hydrogen) atoms. The van der Waals surface area contributed by atoms with Crippen molar-refractivity contribution < 1.29 is 4.79 Å². The Morgan fingerprint density at radius 3 is 2.65 bits per heavy atom. The van der Waals surface area contributed by atoms with Crippen LogP contribution in [0, 0.1) is 6.92 Å². The highest BCUT2D eigenvalue weighted by Crippen LogP contribution is 2.29. The van der Waals surface area contributed by atoms with Crippen LogP contribution in [0.15, 0.2) is 61.2 Å². The smallest absolute Gasteiger partial charge is 0.274 e. The lowest BCUT2D eigenvalue weighted by molar-refractivity contribution is 0.102. The van der Waals surface area contributed by atoms with E-state index in [4.69, 9.17) is 5.10 Å². The summed E-state index contributed by atoms with van der Waals surface area (Å²) in [6.45, 7) is 4.66. The summed E-state index contributed by atoms with van der Waals surface area (Å²) in [5.41, 5.74) is 7.78. The van der Waals surface area contributed by atoms with Crippen LogP contribution in [0.4, 0.5) is 5.69 Å². The fourth-order valence-corrected chi connectivity index (χ4v) is 4.73. The van der Waals surface area contributed by atoms with Gasteiger partial charge in [0.2, 0.25) is 0 Å². The van der Waals surface area contributed by atoms with Crippen molar-refractivity contribution in [2.75, 3.05) is 5.32 Å². The fourth-order valence-electron chi connectivity index (χ4n) is 4.73. The number of pyridine rings is 1. The number of aryl methyl sites for hydroxylation is 4. The zero-order chi connectivity index (χ0) is 25.7. The van der Waals surface area contributed by atoms with Gasteiger partial charge in [0.1, 0.15) is 11.3 Å². The average molecular weight is 494 g/mol. The number of fused-ring (bicyclic) bond motifs is 2. The normalized spacial score (nSPS) is 11.6. The number of hydrogen-bond donors (Lipinski definition) is 1. The summed E-state index contributed by atoms with van der Waals surface area (Å²) in [5, 5.41) is 17.7. The molecule has 10 heteroatoms. The van der Waals surface area contributed by atoms with Crippen molar-refractivity contribution in [3.05, 3.63) is 84.0 Å². The molecular weight excluding hydrogens is 466 g/mol. The Balaban J connectivity index is 1.33. The fraction of sp³-hybridized carbons (Fsp3) is 0.222. The minimum Gasteiger partial charge on any atom is -0.320 e. The number of carbonyl (C=O) groups is 1. The summed E-state index contributed by atoms with van der Waals surface area (Å²) >= 11 is 0. The van der Waals surface area contributed by atoms with Gasteiger partial charge in [-0.1, -0.05) is 13.0 Å². The first kappa shape index (κ1) is 22.7. The number of benzene rings is 1. The van der Waals surface area contributed by atoms with Gasteiger partial charge in [-0.15, -0.1) is 0 Å². The van der Waals surface area contributed by atoms with E-state index >= 15 is 0 Å². The number of aromatic nitrogens is 8. The maximum Gasteiger partial charge on any atom is 0.274 e. The molecule has 0 unspecified atom stereocenters. The molecule has 0 aliphatic heterocycles. The molecule has 1 N–H and O–H groups in total. The van der Waals surface area contributed by atoms with Crippen molar-refractivity contribution in [1.29, 1.82) is 0 Å². The first-order valence-electron chi connectivity index (χ1n) is 12.2. The molecule has 5 heterocycles. The third-order valence-corrected chi connectivity index (χ3v) is 6.69. The molecule has 10 nitrogen and oxygen atoms in total. The molecule has 0 saturated heterocycles. The van der Waals surface area contributed by atoms with E-state index in [1.807, 2.05) is 79.3 Å². The SMILES string of the molecule is CCc1nn(Cc2cc(C)n(C)n2)c2cccc(NC(=O)c3cnc4cc(-c5cnn(C)c5)ccn34)c12. The maximum atomic E-state index is 13.4. The van der Waals surface area contributed by atoms with Gasteiger partial charge >= 0.3 is 0 Å². The van der Waals surface area contributed by atoms with Gasteiger partial charge in [-0.2, -0.15) is 15.3 Å². The second kappa shape index (κ2) is 8.74. The van der Waals surface area contributed by atoms with Crippen LogP contribution >= 0.6 is 0 Å². The monoisotopic (exact) mass is 493 g/mol. The Labute approximate surface area is 213 Å². The predicted molar refractivity (Wildman–Crippen MR) is 142 cm³/mol. The molecule has 186 valence electrons. The Morgan fingerprint density at radius 2 is 1.92 bits per heavy atom. The predicted octanol–water partition coefficient (Wildman–Crippen LogP) is 3.99. The van der Waals surface area contributed by atoms with E-state index < -0.39 is 0 Å². The second-order valence-electron chi connectivity index (χ2n) is 9.20. The maximum absolute atomic E-state index is 13.4. The van der Waals surface area contributed by atoms with Crippen LogP contribution in [0.5, 0.6) is 0 Å². The summed E-state index contributed by atoms with van der Waals surface area (Å²) in [6.07, 6.45) is 7.97. The van der Waals surface area contributed by atoms with Crippen molar-refractivity contribution in [3.8, 4) is 11.1 Å². The van der Waals surface area contributed by atoms with Gasteiger partial charge in [-0.25, -0.2) is 4.98 Å². The van der Waals surface area contributed by atoms with Crippen molar-refractivity contribution >= 4 is 28.1 Å². The van der Waals surface area contributed by atoms with E-state index in [9.17, 15) is 4.79 Å². The Morgan fingerprint density at radius 1 is 1.05 bits per heavy atom. The van der Waals surface area contributed by atoms with Gasteiger partial charge < -0.3 is 5.32 Å². The quantitative estimate of drug-likeness (QED) is 0.378. The van der Waals surface area contributed by atoms with Crippen LogP contribution in [0.3, 0.4) is 0 Å². The zero-order valence-electron chi connectivity index (χ0n) is 21.2. The van der Waals surface area contributed by atoms with Gasteiger partial charge in [0.15, 0.2) is 0 Å². The van der Waals surface area contributed by atoms with E-state index in [1.165, 1.54) is 0 Å². The summed E-state index contributed by atoms with van der Waals surface area (Å²) in [5.74, 6) is -0.232. The minimum atomic E-state index is -0.232. The molecule has 1 amide bonds. The average Bonchev–Trinajstić information content (AvgIpc) is 3.65. The third-order valence-electron chi connectivity index (χ3n) is 6.69. The topological polar surface area (TPSA) is 99.9 Å². The van der Waals surface area contributed by atoms with E-state index in [2.05, 4.69) is 33.5 Å². The van der Waals surface area contributed by atoms with E-state index in [1.54, 1.807) is 15.3 Å². The molecule has 1 aromatic carbocycles. The Hall–Kier alpha value is -4.73. The number of nitrogens with one attached hydrogen (secondary N) is 1. The molecule has 0 saturated carbocycles. The van der Waals surface area contributed by atoms with Crippen molar-refractivity contribution in [2.24, 2.45) is 14.1 Å². The summed E-state index contributed by atoms with van der Waals surface area (Å²) in [4.78, 5) is 17.9.